The van der Waals surface area contributed by atoms with Crippen molar-refractivity contribution in [3.8, 4) is 5.88 Å². The van der Waals surface area contributed by atoms with Crippen molar-refractivity contribution >= 4 is 10.0 Å². The van der Waals surface area contributed by atoms with Gasteiger partial charge in [0, 0.05) is 25.5 Å². The van der Waals surface area contributed by atoms with Gasteiger partial charge in [-0.3, -0.25) is 0 Å². The summed E-state index contributed by atoms with van der Waals surface area (Å²) in [5.74, 6) is 0.879. The summed E-state index contributed by atoms with van der Waals surface area (Å²) in [5, 5.41) is 14.5. The maximum atomic E-state index is 12.8. The van der Waals surface area contributed by atoms with Gasteiger partial charge in [0.2, 0.25) is 15.9 Å². The molecule has 1 saturated heterocycles. The molecule has 3 rings (SSSR count). The minimum Gasteiger partial charge on any atom is -0.478 e. The Balaban J connectivity index is 1.80. The summed E-state index contributed by atoms with van der Waals surface area (Å²) in [6.45, 7) is 4.13. The Morgan fingerprint density at radius 2 is 2.20 bits per heavy atom. The Kier molecular flexibility index (Phi) is 4.76. The van der Waals surface area contributed by atoms with Crippen LogP contribution in [0.1, 0.15) is 32.0 Å². The lowest BCUT2D eigenvalue weighted by molar-refractivity contribution is 0.0194. The van der Waals surface area contributed by atoms with Crippen LogP contribution >= 0.6 is 0 Å². The molecule has 25 heavy (non-hydrogen) atoms. The number of sulfonamides is 1. The van der Waals surface area contributed by atoms with Gasteiger partial charge in [-0.05, 0) is 13.0 Å². The second-order valence-corrected chi connectivity index (χ2v) is 7.69. The van der Waals surface area contributed by atoms with Crippen molar-refractivity contribution in [2.45, 2.75) is 37.2 Å². The van der Waals surface area contributed by atoms with Gasteiger partial charge in [-0.25, -0.2) is 13.4 Å². The van der Waals surface area contributed by atoms with Gasteiger partial charge in [-0.15, -0.1) is 0 Å². The van der Waals surface area contributed by atoms with Gasteiger partial charge in [0.25, 0.3) is 5.89 Å². The molecule has 1 fully saturated rings. The zero-order valence-corrected chi connectivity index (χ0v) is 14.9. The number of β-amino-alcohol motifs (C(OH)–C–C–N with tert-alkyl or cyclic N) is 1. The van der Waals surface area contributed by atoms with Crippen LogP contribution in [0.15, 0.2) is 27.7 Å². The van der Waals surface area contributed by atoms with Crippen molar-refractivity contribution in [2.24, 2.45) is 0 Å². The third-order valence-corrected chi connectivity index (χ3v) is 5.86. The molecule has 2 aromatic rings. The highest BCUT2D eigenvalue weighted by Gasteiger charge is 2.46. The topological polar surface area (TPSA) is 119 Å². The zero-order valence-electron chi connectivity index (χ0n) is 14.0. The number of hydrogen-bond acceptors (Lipinski definition) is 8. The molecule has 9 nitrogen and oxygen atoms in total. The summed E-state index contributed by atoms with van der Waals surface area (Å²) in [5.41, 5.74) is -1.48. The molecule has 0 saturated carbocycles. The molecule has 0 spiro atoms. The first kappa shape index (κ1) is 17.8. The predicted molar refractivity (Wildman–Crippen MR) is 86.4 cm³/mol. The van der Waals surface area contributed by atoms with E-state index in [2.05, 4.69) is 15.1 Å². The van der Waals surface area contributed by atoms with Crippen LogP contribution < -0.4 is 4.74 Å². The Hall–Kier alpha value is -2.04. The second kappa shape index (κ2) is 6.70. The minimum absolute atomic E-state index is 0.0416. The van der Waals surface area contributed by atoms with E-state index in [9.17, 15) is 13.5 Å². The van der Waals surface area contributed by atoms with Gasteiger partial charge < -0.3 is 14.4 Å². The number of hydrogen-bond donors (Lipinski definition) is 1. The smallest absolute Gasteiger partial charge is 0.260 e. The van der Waals surface area contributed by atoms with Crippen LogP contribution in [-0.2, 0) is 22.0 Å². The molecular formula is C15H20N4O5S. The lowest BCUT2D eigenvalue weighted by Gasteiger charge is -2.19. The molecule has 0 bridgehead atoms. The minimum atomic E-state index is -3.78. The number of aliphatic hydroxyl groups is 1. The van der Waals surface area contributed by atoms with Crippen LogP contribution in [0.3, 0.4) is 0 Å². The Labute approximate surface area is 145 Å². The predicted octanol–water partition coefficient (Wildman–Crippen LogP) is 0.708. The number of nitrogens with zero attached hydrogens (tertiary/aromatic N) is 4. The van der Waals surface area contributed by atoms with Crippen molar-refractivity contribution < 1.29 is 22.8 Å². The fraction of sp³-hybridized carbons (Fsp3) is 0.533. The van der Waals surface area contributed by atoms with Crippen molar-refractivity contribution in [3.05, 3.63) is 30.0 Å². The highest BCUT2D eigenvalue weighted by molar-refractivity contribution is 7.89. The average molecular weight is 368 g/mol. The Bertz CT molecular complexity index is 836. The molecule has 1 aliphatic heterocycles. The van der Waals surface area contributed by atoms with E-state index in [0.29, 0.717) is 24.7 Å². The molecule has 1 aliphatic rings. The van der Waals surface area contributed by atoms with Gasteiger partial charge in [-0.1, -0.05) is 12.1 Å². The number of pyridine rings is 1. The monoisotopic (exact) mass is 368 g/mol. The number of rotatable bonds is 6. The molecule has 136 valence electrons. The van der Waals surface area contributed by atoms with Gasteiger partial charge in [0.1, 0.15) is 4.90 Å². The van der Waals surface area contributed by atoms with E-state index in [1.165, 1.54) is 22.6 Å². The van der Waals surface area contributed by atoms with Crippen molar-refractivity contribution in [2.75, 3.05) is 19.7 Å². The molecule has 1 atom stereocenters. The summed E-state index contributed by atoms with van der Waals surface area (Å²) >= 11 is 0. The number of ether oxygens (including phenoxy) is 1. The van der Waals surface area contributed by atoms with Crippen molar-refractivity contribution in [1.29, 1.82) is 0 Å². The highest BCUT2D eigenvalue weighted by Crippen LogP contribution is 2.34. The van der Waals surface area contributed by atoms with Gasteiger partial charge in [0.15, 0.2) is 11.4 Å². The van der Waals surface area contributed by atoms with E-state index in [1.807, 2.05) is 13.8 Å². The van der Waals surface area contributed by atoms with E-state index < -0.39 is 15.6 Å². The number of aromatic nitrogens is 3. The summed E-state index contributed by atoms with van der Waals surface area (Å²) in [7, 11) is -3.78. The summed E-state index contributed by atoms with van der Waals surface area (Å²) in [4.78, 5) is 8.15. The SMILES string of the molecule is CCOc1ccc(S(=O)(=O)N2CC[C@@](O)(c3nc(CC)no3)C2)cn1. The van der Waals surface area contributed by atoms with E-state index >= 15 is 0 Å². The second-order valence-electron chi connectivity index (χ2n) is 5.75. The molecule has 0 amide bonds. The lowest BCUT2D eigenvalue weighted by Crippen LogP contribution is -2.34. The van der Waals surface area contributed by atoms with Gasteiger partial charge in [0.05, 0.1) is 19.3 Å². The van der Waals surface area contributed by atoms with Gasteiger partial charge in [-0.2, -0.15) is 9.29 Å². The highest BCUT2D eigenvalue weighted by atomic mass is 32.2. The van der Waals surface area contributed by atoms with Crippen LogP contribution in [0.5, 0.6) is 5.88 Å². The lowest BCUT2D eigenvalue weighted by atomic mass is 10.0. The largest absolute Gasteiger partial charge is 0.478 e. The first-order chi connectivity index (χ1) is 11.9. The first-order valence-electron chi connectivity index (χ1n) is 8.03. The molecule has 0 aliphatic carbocycles. The Morgan fingerprint density at radius 3 is 2.80 bits per heavy atom. The van der Waals surface area contributed by atoms with Crippen molar-refractivity contribution in [1.82, 2.24) is 19.4 Å². The molecule has 3 heterocycles. The normalized spacial score (nSPS) is 21.6. The summed E-state index contributed by atoms with van der Waals surface area (Å²) in [6, 6.07) is 2.94. The fourth-order valence-corrected chi connectivity index (χ4v) is 4.07. The Morgan fingerprint density at radius 1 is 1.40 bits per heavy atom. The maximum absolute atomic E-state index is 12.8. The van der Waals surface area contributed by atoms with Gasteiger partial charge >= 0.3 is 0 Å². The first-order valence-corrected chi connectivity index (χ1v) is 9.47. The third kappa shape index (κ3) is 3.37. The quantitative estimate of drug-likeness (QED) is 0.792. The fourth-order valence-electron chi connectivity index (χ4n) is 2.63. The molecule has 0 radical (unpaired) electrons. The van der Waals surface area contributed by atoms with Crippen LogP contribution in [0, 0.1) is 0 Å². The van der Waals surface area contributed by atoms with Crippen LogP contribution in [0.2, 0.25) is 0 Å². The molecule has 1 N–H and O–H groups in total. The van der Waals surface area contributed by atoms with Crippen molar-refractivity contribution in [3.63, 3.8) is 0 Å². The van der Waals surface area contributed by atoms with Crippen LogP contribution in [-0.4, -0.2) is 52.7 Å². The standard InChI is InChI=1S/C15H20N4O5S/c1-3-12-17-14(24-18-12)15(20)7-8-19(10-15)25(21,22)11-5-6-13(16-9-11)23-4-2/h5-6,9,20H,3-4,7-8,10H2,1-2H3/t15-/m0/s1. The molecule has 0 unspecified atom stereocenters. The zero-order chi connectivity index (χ0) is 18.1. The summed E-state index contributed by atoms with van der Waals surface area (Å²) < 4.78 is 37.0. The summed E-state index contributed by atoms with van der Waals surface area (Å²) in [6.07, 6.45) is 2.00. The van der Waals surface area contributed by atoms with E-state index in [0.717, 1.165) is 0 Å². The van der Waals surface area contributed by atoms with E-state index in [-0.39, 0.29) is 30.3 Å². The number of aryl methyl sites for hydroxylation is 1. The average Bonchev–Trinajstić information content (AvgIpc) is 3.23. The maximum Gasteiger partial charge on any atom is 0.260 e. The van der Waals surface area contributed by atoms with Crippen LogP contribution in [0.25, 0.3) is 0 Å². The molecular weight excluding hydrogens is 348 g/mol. The van der Waals surface area contributed by atoms with E-state index in [4.69, 9.17) is 9.26 Å². The third-order valence-electron chi connectivity index (χ3n) is 4.03. The van der Waals surface area contributed by atoms with Crippen LogP contribution in [0.4, 0.5) is 0 Å². The molecule has 0 aromatic carbocycles. The molecule has 10 heteroatoms. The molecule has 2 aromatic heterocycles. The van der Waals surface area contributed by atoms with E-state index in [1.54, 1.807) is 0 Å².